The average Bonchev–Trinajstić information content (AvgIpc) is 2.27. The van der Waals surface area contributed by atoms with E-state index in [0.717, 1.165) is 24.8 Å². The molecule has 1 aromatic carbocycles. The third-order valence-corrected chi connectivity index (χ3v) is 3.79. The van der Waals surface area contributed by atoms with Gasteiger partial charge in [-0.25, -0.2) is 9.18 Å². The smallest absolute Gasteiger partial charge is 0.235 e. The summed E-state index contributed by atoms with van der Waals surface area (Å²) in [5, 5.41) is 0. The molecule has 0 bridgehead atoms. The highest BCUT2D eigenvalue weighted by Crippen LogP contribution is 2.49. The van der Waals surface area contributed by atoms with Gasteiger partial charge in [-0.05, 0) is 41.3 Å². The number of hydrogen-bond donors (Lipinski definition) is 0. The Hall–Kier alpha value is -1.19. The molecule has 2 rings (SSSR count). The first-order chi connectivity index (χ1) is 8.13. The lowest BCUT2D eigenvalue weighted by molar-refractivity contribution is 0.245. The number of aliphatic imine (C=N–C) groups is 1. The standard InChI is InChI=1S/C12H11BrFNO2/c1-17-11-6-10(14)9(13)5-8(11)12(15-7-16)3-2-4-12/h5-6H,2-4H2,1H3. The highest BCUT2D eigenvalue weighted by molar-refractivity contribution is 9.10. The van der Waals surface area contributed by atoms with Gasteiger partial charge >= 0.3 is 0 Å². The Morgan fingerprint density at radius 1 is 1.53 bits per heavy atom. The second-order valence-electron chi connectivity index (χ2n) is 4.05. The summed E-state index contributed by atoms with van der Waals surface area (Å²) in [4.78, 5) is 14.4. The van der Waals surface area contributed by atoms with Gasteiger partial charge in [-0.1, -0.05) is 0 Å². The largest absolute Gasteiger partial charge is 0.496 e. The van der Waals surface area contributed by atoms with E-state index in [4.69, 9.17) is 4.74 Å². The number of rotatable bonds is 3. The van der Waals surface area contributed by atoms with Crippen LogP contribution in [0.15, 0.2) is 21.6 Å². The molecule has 0 aromatic heterocycles. The first-order valence-corrected chi connectivity index (χ1v) is 6.05. The molecule has 3 nitrogen and oxygen atoms in total. The fourth-order valence-corrected chi connectivity index (χ4v) is 2.44. The molecule has 1 aromatic rings. The number of ether oxygens (including phenoxy) is 1. The van der Waals surface area contributed by atoms with Gasteiger partial charge in [-0.2, -0.15) is 4.99 Å². The summed E-state index contributed by atoms with van der Waals surface area (Å²) in [6, 6.07) is 2.94. The van der Waals surface area contributed by atoms with Crippen LogP contribution in [0, 0.1) is 5.82 Å². The Balaban J connectivity index is 2.57. The van der Waals surface area contributed by atoms with Crippen LogP contribution in [0.1, 0.15) is 24.8 Å². The van der Waals surface area contributed by atoms with E-state index in [0.29, 0.717) is 10.2 Å². The molecule has 0 radical (unpaired) electrons. The van der Waals surface area contributed by atoms with Crippen molar-refractivity contribution in [3.8, 4) is 5.75 Å². The first-order valence-electron chi connectivity index (χ1n) is 5.25. The minimum Gasteiger partial charge on any atom is -0.496 e. The van der Waals surface area contributed by atoms with Crippen molar-refractivity contribution in [2.45, 2.75) is 24.8 Å². The van der Waals surface area contributed by atoms with Gasteiger partial charge < -0.3 is 4.74 Å². The van der Waals surface area contributed by atoms with Gasteiger partial charge in [-0.3, -0.25) is 0 Å². The fourth-order valence-electron chi connectivity index (χ4n) is 2.10. The third kappa shape index (κ3) is 2.01. The van der Waals surface area contributed by atoms with Crippen LogP contribution in [0.3, 0.4) is 0 Å². The first kappa shape index (κ1) is 12.3. The molecule has 0 saturated heterocycles. The van der Waals surface area contributed by atoms with Gasteiger partial charge in [0.1, 0.15) is 17.1 Å². The maximum atomic E-state index is 13.4. The van der Waals surface area contributed by atoms with Crippen molar-refractivity contribution in [1.82, 2.24) is 0 Å². The highest BCUT2D eigenvalue weighted by atomic mass is 79.9. The molecule has 0 amide bonds. The summed E-state index contributed by atoms with van der Waals surface area (Å²) in [5.74, 6) is 0.0274. The van der Waals surface area contributed by atoms with Gasteiger partial charge in [0.05, 0.1) is 11.6 Å². The number of methoxy groups -OCH3 is 1. The lowest BCUT2D eigenvalue weighted by Gasteiger charge is -2.38. The van der Waals surface area contributed by atoms with E-state index < -0.39 is 11.4 Å². The predicted octanol–water partition coefficient (Wildman–Crippen LogP) is 3.31. The van der Waals surface area contributed by atoms with Crippen LogP contribution in [0.25, 0.3) is 0 Å². The Morgan fingerprint density at radius 3 is 2.71 bits per heavy atom. The van der Waals surface area contributed by atoms with Crippen molar-refractivity contribution in [3.05, 3.63) is 28.0 Å². The average molecular weight is 300 g/mol. The summed E-state index contributed by atoms with van der Waals surface area (Å²) in [5.41, 5.74) is 0.159. The molecule has 1 aliphatic rings. The molecule has 90 valence electrons. The van der Waals surface area contributed by atoms with Crippen molar-refractivity contribution in [2.24, 2.45) is 4.99 Å². The topological polar surface area (TPSA) is 38.7 Å². The van der Waals surface area contributed by atoms with Crippen LogP contribution in [0.4, 0.5) is 4.39 Å². The van der Waals surface area contributed by atoms with Crippen LogP contribution in [-0.2, 0) is 10.3 Å². The molecular formula is C12H11BrFNO2. The zero-order chi connectivity index (χ0) is 12.5. The Kier molecular flexibility index (Phi) is 3.31. The number of hydrogen-bond acceptors (Lipinski definition) is 3. The summed E-state index contributed by atoms with van der Waals surface area (Å²) >= 11 is 3.14. The maximum absolute atomic E-state index is 13.4. The van der Waals surface area contributed by atoms with E-state index in [-0.39, 0.29) is 0 Å². The van der Waals surface area contributed by atoms with Gasteiger partial charge in [0.25, 0.3) is 0 Å². The second-order valence-corrected chi connectivity index (χ2v) is 4.91. The van der Waals surface area contributed by atoms with Crippen LogP contribution in [0.5, 0.6) is 5.75 Å². The molecule has 1 fully saturated rings. The van der Waals surface area contributed by atoms with Gasteiger partial charge in [0.2, 0.25) is 6.08 Å². The third-order valence-electron chi connectivity index (χ3n) is 3.18. The minimum absolute atomic E-state index is 0.348. The maximum Gasteiger partial charge on any atom is 0.235 e. The molecular weight excluding hydrogens is 289 g/mol. The monoisotopic (exact) mass is 299 g/mol. The Morgan fingerprint density at radius 2 is 2.24 bits per heavy atom. The van der Waals surface area contributed by atoms with E-state index >= 15 is 0 Å². The summed E-state index contributed by atoms with van der Waals surface area (Å²) in [7, 11) is 1.48. The quantitative estimate of drug-likeness (QED) is 0.634. The lowest BCUT2D eigenvalue weighted by atomic mass is 9.72. The molecule has 1 saturated carbocycles. The van der Waals surface area contributed by atoms with E-state index in [2.05, 4.69) is 20.9 Å². The molecule has 0 atom stereocenters. The van der Waals surface area contributed by atoms with Gasteiger partial charge in [0.15, 0.2) is 0 Å². The van der Waals surface area contributed by atoms with Crippen molar-refractivity contribution in [3.63, 3.8) is 0 Å². The molecule has 0 heterocycles. The van der Waals surface area contributed by atoms with Crippen molar-refractivity contribution >= 4 is 22.0 Å². The van der Waals surface area contributed by atoms with Crippen molar-refractivity contribution < 1.29 is 13.9 Å². The van der Waals surface area contributed by atoms with Crippen LogP contribution in [-0.4, -0.2) is 13.2 Å². The predicted molar refractivity (Wildman–Crippen MR) is 64.3 cm³/mol. The number of benzene rings is 1. The summed E-state index contributed by atoms with van der Waals surface area (Å²) in [6.07, 6.45) is 4.12. The molecule has 1 aliphatic carbocycles. The zero-order valence-corrected chi connectivity index (χ0v) is 10.9. The lowest BCUT2D eigenvalue weighted by Crippen LogP contribution is -2.32. The van der Waals surface area contributed by atoms with Crippen LogP contribution in [0.2, 0.25) is 0 Å². The molecule has 0 aliphatic heterocycles. The van der Waals surface area contributed by atoms with Gasteiger partial charge in [0, 0.05) is 11.6 Å². The van der Waals surface area contributed by atoms with E-state index in [9.17, 15) is 9.18 Å². The number of nitrogens with zero attached hydrogens (tertiary/aromatic N) is 1. The van der Waals surface area contributed by atoms with E-state index in [1.165, 1.54) is 13.2 Å². The zero-order valence-electron chi connectivity index (χ0n) is 9.30. The summed E-state index contributed by atoms with van der Waals surface area (Å²) in [6.45, 7) is 0. The van der Waals surface area contributed by atoms with Crippen LogP contribution >= 0.6 is 15.9 Å². The fraction of sp³-hybridized carbons (Fsp3) is 0.417. The minimum atomic E-state index is -0.580. The Labute approximate surface area is 107 Å². The van der Waals surface area contributed by atoms with Crippen LogP contribution < -0.4 is 4.74 Å². The number of halogens is 2. The molecule has 0 spiro atoms. The molecule has 0 N–H and O–H groups in total. The van der Waals surface area contributed by atoms with Gasteiger partial charge in [-0.15, -0.1) is 0 Å². The van der Waals surface area contributed by atoms with Crippen molar-refractivity contribution in [1.29, 1.82) is 0 Å². The van der Waals surface area contributed by atoms with Crippen molar-refractivity contribution in [2.75, 3.05) is 7.11 Å². The SMILES string of the molecule is COc1cc(F)c(Br)cc1C1(N=C=O)CCC1. The van der Waals surface area contributed by atoms with E-state index in [1.54, 1.807) is 12.1 Å². The molecule has 5 heteroatoms. The summed E-state index contributed by atoms with van der Waals surface area (Å²) < 4.78 is 18.9. The molecule has 0 unspecified atom stereocenters. The second kappa shape index (κ2) is 4.59. The Bertz CT molecular complexity index is 494. The molecule has 17 heavy (non-hydrogen) atoms. The normalized spacial score (nSPS) is 16.9. The number of isocyanates is 1. The highest BCUT2D eigenvalue weighted by Gasteiger charge is 2.41. The number of carbonyl (C=O) groups excluding carboxylic acids is 1. The van der Waals surface area contributed by atoms with E-state index in [1.807, 2.05) is 0 Å².